The number of carboxylic acids is 1. The number of aliphatic hydroxyl groups excluding tert-OH is 1. The lowest BCUT2D eigenvalue weighted by atomic mass is 9.72. The van der Waals surface area contributed by atoms with E-state index >= 15 is 0 Å². The van der Waals surface area contributed by atoms with Crippen molar-refractivity contribution in [3.05, 3.63) is 65.6 Å². The van der Waals surface area contributed by atoms with E-state index in [1.165, 1.54) is 29.0 Å². The van der Waals surface area contributed by atoms with Gasteiger partial charge in [0.2, 0.25) is 5.91 Å². The maximum Gasteiger partial charge on any atom is 0.332 e. The van der Waals surface area contributed by atoms with Crippen LogP contribution in [0, 0.1) is 5.92 Å². The number of carboxylic acid groups (broad SMARTS) is 1. The molecule has 3 heterocycles. The number of unbranched alkanes of at least 4 members (excludes halogenated alkanes) is 1. The average Bonchev–Trinajstić information content (AvgIpc) is 3.35. The number of aliphatic hydroxyl groups is 1. The van der Waals surface area contributed by atoms with Gasteiger partial charge in [-0.15, -0.1) is 0 Å². The molecule has 0 spiro atoms. The van der Waals surface area contributed by atoms with Crippen LogP contribution in [0.4, 0.5) is 0 Å². The molecule has 8 heteroatoms. The molecular weight excluding hydrogens is 516 g/mol. The normalized spacial score (nSPS) is 22.1. The first-order valence-electron chi connectivity index (χ1n) is 15.1. The van der Waals surface area contributed by atoms with Gasteiger partial charge in [0.15, 0.2) is 0 Å². The van der Waals surface area contributed by atoms with E-state index in [9.17, 15) is 9.59 Å². The average molecular weight is 563 g/mol. The summed E-state index contributed by atoms with van der Waals surface area (Å²) in [6, 6.07) is 13.7. The molecule has 1 fully saturated rings. The fourth-order valence-electron chi connectivity index (χ4n) is 6.40. The van der Waals surface area contributed by atoms with Gasteiger partial charge in [-0.1, -0.05) is 44.9 Å². The number of nitrogens with one attached hydrogen (secondary N) is 1. The summed E-state index contributed by atoms with van der Waals surface area (Å²) in [5, 5.41) is 20.6. The van der Waals surface area contributed by atoms with E-state index in [1.54, 1.807) is 0 Å². The third kappa shape index (κ3) is 6.81. The predicted octanol–water partition coefficient (Wildman–Crippen LogP) is 5.47. The minimum atomic E-state index is -1.23. The fraction of sp³-hybridized carbons (Fsp3) is 0.545. The van der Waals surface area contributed by atoms with Gasteiger partial charge in [0, 0.05) is 47.8 Å². The SMILES string of the molecule is CC(O)C(=O)O.CCCCC(NC(=O)[C@@H]1CC2c3cccc4c3c(cn4C(C)CC)C[C@H]2N(C)C1)c1ccccn1. The number of pyridine rings is 1. The summed E-state index contributed by atoms with van der Waals surface area (Å²) in [4.78, 5) is 30.1. The van der Waals surface area contributed by atoms with E-state index in [0.717, 1.165) is 50.8 Å². The number of carbonyl (C=O) groups is 2. The number of rotatable bonds is 9. The molecule has 0 saturated carbocycles. The van der Waals surface area contributed by atoms with E-state index in [2.05, 4.69) is 72.0 Å². The summed E-state index contributed by atoms with van der Waals surface area (Å²) in [5.41, 5.74) is 5.23. The van der Waals surface area contributed by atoms with E-state index in [0.29, 0.717) is 18.0 Å². The summed E-state index contributed by atoms with van der Waals surface area (Å²) >= 11 is 0. The van der Waals surface area contributed by atoms with Gasteiger partial charge in [0.05, 0.1) is 17.7 Å². The van der Waals surface area contributed by atoms with Crippen molar-refractivity contribution in [1.29, 1.82) is 0 Å². The number of nitrogens with zero attached hydrogens (tertiary/aromatic N) is 3. The van der Waals surface area contributed by atoms with Crippen molar-refractivity contribution >= 4 is 22.8 Å². The number of piperidine rings is 1. The minimum absolute atomic E-state index is 0.0115. The molecular formula is C33H46N4O4. The van der Waals surface area contributed by atoms with Gasteiger partial charge >= 0.3 is 5.97 Å². The molecule has 1 aromatic carbocycles. The quantitative estimate of drug-likeness (QED) is 0.319. The molecule has 6 atom stereocenters. The van der Waals surface area contributed by atoms with E-state index in [1.807, 2.05) is 24.4 Å². The van der Waals surface area contributed by atoms with Crippen LogP contribution in [-0.2, 0) is 16.0 Å². The second-order valence-corrected chi connectivity index (χ2v) is 11.8. The molecule has 0 radical (unpaired) electrons. The van der Waals surface area contributed by atoms with Crippen molar-refractivity contribution in [3.63, 3.8) is 0 Å². The number of fused-ring (bicyclic) bond motifs is 2. The van der Waals surface area contributed by atoms with E-state index < -0.39 is 12.1 Å². The Morgan fingerprint density at radius 2 is 1.90 bits per heavy atom. The third-order valence-electron chi connectivity index (χ3n) is 8.88. The number of benzene rings is 1. The lowest BCUT2D eigenvalue weighted by Crippen LogP contribution is -2.51. The van der Waals surface area contributed by atoms with E-state index in [-0.39, 0.29) is 17.9 Å². The largest absolute Gasteiger partial charge is 0.479 e. The Bertz CT molecular complexity index is 1320. The van der Waals surface area contributed by atoms with Crippen molar-refractivity contribution in [3.8, 4) is 0 Å². The van der Waals surface area contributed by atoms with E-state index in [4.69, 9.17) is 10.2 Å². The first-order valence-corrected chi connectivity index (χ1v) is 15.1. The Balaban J connectivity index is 0.000000585. The number of amides is 1. The number of hydrogen-bond donors (Lipinski definition) is 3. The molecule has 1 aliphatic heterocycles. The zero-order valence-electron chi connectivity index (χ0n) is 25.1. The van der Waals surface area contributed by atoms with Crippen LogP contribution in [0.15, 0.2) is 48.8 Å². The Labute approximate surface area is 243 Å². The minimum Gasteiger partial charge on any atom is -0.479 e. The number of carbonyl (C=O) groups excluding carboxylic acids is 1. The van der Waals surface area contributed by atoms with Crippen molar-refractivity contribution < 1.29 is 19.8 Å². The Morgan fingerprint density at radius 3 is 2.54 bits per heavy atom. The third-order valence-corrected chi connectivity index (χ3v) is 8.88. The highest BCUT2D eigenvalue weighted by Gasteiger charge is 2.42. The Hall–Kier alpha value is -3.23. The molecule has 8 nitrogen and oxygen atoms in total. The van der Waals surface area contributed by atoms with Gasteiger partial charge in [-0.3, -0.25) is 9.78 Å². The van der Waals surface area contributed by atoms with Gasteiger partial charge in [-0.25, -0.2) is 4.79 Å². The number of aromatic nitrogens is 2. The molecule has 41 heavy (non-hydrogen) atoms. The summed E-state index contributed by atoms with van der Waals surface area (Å²) in [5.74, 6) is -0.632. The van der Waals surface area contributed by atoms with Crippen LogP contribution in [0.1, 0.15) is 94.6 Å². The molecule has 5 rings (SSSR count). The number of hydrogen-bond acceptors (Lipinski definition) is 5. The molecule has 3 aromatic rings. The highest BCUT2D eigenvalue weighted by molar-refractivity contribution is 5.89. The van der Waals surface area contributed by atoms with Crippen LogP contribution in [0.5, 0.6) is 0 Å². The summed E-state index contributed by atoms with van der Waals surface area (Å²) in [7, 11) is 2.21. The van der Waals surface area contributed by atoms with Gasteiger partial charge in [-0.2, -0.15) is 0 Å². The second kappa shape index (κ2) is 13.6. The van der Waals surface area contributed by atoms with Crippen LogP contribution in [0.2, 0.25) is 0 Å². The van der Waals surface area contributed by atoms with Crippen LogP contribution in [-0.4, -0.2) is 62.3 Å². The fourth-order valence-corrected chi connectivity index (χ4v) is 6.40. The summed E-state index contributed by atoms with van der Waals surface area (Å²) < 4.78 is 2.47. The van der Waals surface area contributed by atoms with Gasteiger partial charge in [0.25, 0.3) is 0 Å². The maximum absolute atomic E-state index is 13.6. The zero-order chi connectivity index (χ0) is 29.7. The molecule has 1 aliphatic carbocycles. The lowest BCUT2D eigenvalue weighted by molar-refractivity contribution is -0.145. The van der Waals surface area contributed by atoms with Crippen LogP contribution < -0.4 is 5.32 Å². The molecule has 2 aliphatic rings. The highest BCUT2D eigenvalue weighted by atomic mass is 16.4. The van der Waals surface area contributed by atoms with Crippen molar-refractivity contribution in [2.75, 3.05) is 13.6 Å². The maximum atomic E-state index is 13.6. The number of likely N-dealkylation sites (N-methyl/N-ethyl adjacent to an activating group) is 1. The van der Waals surface area contributed by atoms with Gasteiger partial charge < -0.3 is 25.0 Å². The number of likely N-dealkylation sites (tertiary alicyclic amines) is 1. The monoisotopic (exact) mass is 562 g/mol. The first-order chi connectivity index (χ1) is 19.7. The topological polar surface area (TPSA) is 108 Å². The smallest absolute Gasteiger partial charge is 0.332 e. The molecule has 0 bridgehead atoms. The molecule has 3 N–H and O–H groups in total. The van der Waals surface area contributed by atoms with Crippen LogP contribution in [0.3, 0.4) is 0 Å². The van der Waals surface area contributed by atoms with Gasteiger partial charge in [0.1, 0.15) is 6.10 Å². The Kier molecular flexibility index (Phi) is 10.2. The predicted molar refractivity (Wildman–Crippen MR) is 162 cm³/mol. The van der Waals surface area contributed by atoms with Crippen molar-refractivity contribution in [2.24, 2.45) is 5.92 Å². The molecule has 2 aromatic heterocycles. The summed E-state index contributed by atoms with van der Waals surface area (Å²) in [6.45, 7) is 8.77. The molecule has 222 valence electrons. The standard InChI is InChI=1S/C30H40N4O.C3H6O3/c1-5-7-12-26(25-13-8-9-15-31-25)32-30(35)22-16-24-23-11-10-14-27-29(23)21(17-28(24)33(4)18-22)19-34(27)20(3)6-2;1-2(4)3(5)6/h8-11,13-15,19-20,22,24,26,28H,5-7,12,16-18H2,1-4H3,(H,32,35);2,4H,1H3,(H,5,6)/t20?,22-,24?,26?,28-;/m1./s1. The highest BCUT2D eigenvalue weighted by Crippen LogP contribution is 2.45. The molecule has 1 saturated heterocycles. The Morgan fingerprint density at radius 1 is 1.15 bits per heavy atom. The van der Waals surface area contributed by atoms with Crippen LogP contribution in [0.25, 0.3) is 10.9 Å². The first kappa shape index (κ1) is 30.7. The second-order valence-electron chi connectivity index (χ2n) is 11.8. The van der Waals surface area contributed by atoms with Crippen LogP contribution >= 0.6 is 0 Å². The summed E-state index contributed by atoms with van der Waals surface area (Å²) in [6.07, 6.45) is 9.21. The van der Waals surface area contributed by atoms with Crippen molar-refractivity contribution in [2.45, 2.75) is 96.4 Å². The zero-order valence-corrected chi connectivity index (χ0v) is 25.1. The molecule has 1 amide bonds. The van der Waals surface area contributed by atoms with Gasteiger partial charge in [-0.05, 0) is 75.9 Å². The lowest BCUT2D eigenvalue weighted by Gasteiger charge is -2.45. The van der Waals surface area contributed by atoms with Crippen molar-refractivity contribution in [1.82, 2.24) is 19.8 Å². The molecule has 4 unspecified atom stereocenters. The number of aliphatic carboxylic acids is 1.